The highest BCUT2D eigenvalue weighted by Crippen LogP contribution is 2.31. The number of aliphatic hydroxyl groups excluding tert-OH is 1. The van der Waals surface area contributed by atoms with Crippen molar-refractivity contribution in [2.45, 2.75) is 6.10 Å². The first-order valence-corrected chi connectivity index (χ1v) is 6.95. The molecule has 1 N–H and O–H groups in total. The van der Waals surface area contributed by atoms with Gasteiger partial charge in [0, 0.05) is 14.5 Å². The van der Waals surface area contributed by atoms with Gasteiger partial charge >= 0.3 is 0 Å². The molecular formula is C15H9F2IO2. The Kier molecular flexibility index (Phi) is 3.47. The Morgan fingerprint density at radius 3 is 2.60 bits per heavy atom. The Bertz CT molecular complexity index is 783. The third-order valence-electron chi connectivity index (χ3n) is 3.04. The van der Waals surface area contributed by atoms with Crippen molar-refractivity contribution in [3.63, 3.8) is 0 Å². The van der Waals surface area contributed by atoms with Gasteiger partial charge in [-0.25, -0.2) is 8.78 Å². The number of hydrogen-bond acceptors (Lipinski definition) is 2. The molecule has 2 aromatic carbocycles. The molecule has 0 radical (unpaired) electrons. The predicted molar refractivity (Wildman–Crippen MR) is 79.4 cm³/mol. The van der Waals surface area contributed by atoms with Crippen molar-refractivity contribution in [1.29, 1.82) is 0 Å². The van der Waals surface area contributed by atoms with Crippen LogP contribution in [0.1, 0.15) is 17.4 Å². The lowest BCUT2D eigenvalue weighted by molar-refractivity contribution is 0.191. The van der Waals surface area contributed by atoms with Gasteiger partial charge in [-0.2, -0.15) is 0 Å². The first kappa shape index (κ1) is 13.5. The molecule has 1 atom stereocenters. The van der Waals surface area contributed by atoms with Crippen LogP contribution in [0.5, 0.6) is 0 Å². The molecule has 3 rings (SSSR count). The van der Waals surface area contributed by atoms with Crippen LogP contribution in [-0.2, 0) is 0 Å². The standard InChI is InChI=1S/C15H9F2IO2/c16-9-4-5-10(12(18)7-9)14(19)13-6-8-2-1-3-11(17)15(8)20-13/h1-7,14,19H. The van der Waals surface area contributed by atoms with Gasteiger partial charge in [-0.1, -0.05) is 18.2 Å². The molecule has 0 saturated carbocycles. The second-order valence-electron chi connectivity index (χ2n) is 4.38. The van der Waals surface area contributed by atoms with Crippen molar-refractivity contribution in [3.05, 3.63) is 69.0 Å². The average Bonchev–Trinajstić information content (AvgIpc) is 2.83. The second kappa shape index (κ2) is 5.14. The molecule has 1 heterocycles. The fourth-order valence-corrected chi connectivity index (χ4v) is 2.83. The van der Waals surface area contributed by atoms with E-state index < -0.39 is 11.9 Å². The van der Waals surface area contributed by atoms with E-state index in [1.165, 1.54) is 24.3 Å². The number of rotatable bonds is 2. The van der Waals surface area contributed by atoms with Crippen LogP contribution in [0.25, 0.3) is 11.0 Å². The first-order chi connectivity index (χ1) is 9.56. The van der Waals surface area contributed by atoms with E-state index in [0.717, 1.165) is 0 Å². The maximum atomic E-state index is 13.6. The van der Waals surface area contributed by atoms with Gasteiger partial charge in [-0.15, -0.1) is 0 Å². The normalized spacial score (nSPS) is 12.8. The smallest absolute Gasteiger partial charge is 0.170 e. The van der Waals surface area contributed by atoms with Crippen molar-refractivity contribution in [3.8, 4) is 0 Å². The number of furan rings is 1. The minimum atomic E-state index is -1.06. The van der Waals surface area contributed by atoms with Crippen molar-refractivity contribution < 1.29 is 18.3 Å². The van der Waals surface area contributed by atoms with E-state index in [9.17, 15) is 13.9 Å². The Balaban J connectivity index is 2.08. The van der Waals surface area contributed by atoms with Crippen LogP contribution in [0.2, 0.25) is 0 Å². The van der Waals surface area contributed by atoms with Crippen molar-refractivity contribution in [1.82, 2.24) is 0 Å². The van der Waals surface area contributed by atoms with Gasteiger partial charge in [0.1, 0.15) is 17.7 Å². The number of aliphatic hydroxyl groups is 1. The van der Waals surface area contributed by atoms with E-state index in [1.807, 2.05) is 22.6 Å². The Morgan fingerprint density at radius 2 is 1.90 bits per heavy atom. The zero-order valence-corrected chi connectivity index (χ0v) is 12.3. The summed E-state index contributed by atoms with van der Waals surface area (Å²) in [4.78, 5) is 0. The van der Waals surface area contributed by atoms with Gasteiger partial charge < -0.3 is 9.52 Å². The molecule has 1 unspecified atom stereocenters. The summed E-state index contributed by atoms with van der Waals surface area (Å²) in [5.74, 6) is -0.620. The highest BCUT2D eigenvalue weighted by atomic mass is 127. The van der Waals surface area contributed by atoms with E-state index in [2.05, 4.69) is 0 Å². The molecule has 0 spiro atoms. The molecule has 0 fully saturated rings. The zero-order chi connectivity index (χ0) is 14.3. The quantitative estimate of drug-likeness (QED) is 0.663. The molecule has 20 heavy (non-hydrogen) atoms. The van der Waals surface area contributed by atoms with E-state index >= 15 is 0 Å². The molecular weight excluding hydrogens is 377 g/mol. The molecule has 0 aliphatic carbocycles. The number of halogens is 3. The molecule has 0 saturated heterocycles. The number of benzene rings is 2. The Labute approximate surface area is 127 Å². The molecule has 0 amide bonds. The molecule has 0 bridgehead atoms. The van der Waals surface area contributed by atoms with Gasteiger partial charge in [0.2, 0.25) is 0 Å². The van der Waals surface area contributed by atoms with E-state index in [-0.39, 0.29) is 17.2 Å². The molecule has 102 valence electrons. The predicted octanol–water partition coefficient (Wildman–Crippen LogP) is 4.40. The second-order valence-corrected chi connectivity index (χ2v) is 5.54. The van der Waals surface area contributed by atoms with Crippen LogP contribution in [0.3, 0.4) is 0 Å². The van der Waals surface area contributed by atoms with Crippen LogP contribution in [0.15, 0.2) is 46.9 Å². The van der Waals surface area contributed by atoms with Gasteiger partial charge in [0.25, 0.3) is 0 Å². The van der Waals surface area contributed by atoms with Gasteiger partial charge in [-0.3, -0.25) is 0 Å². The maximum Gasteiger partial charge on any atom is 0.170 e. The Morgan fingerprint density at radius 1 is 1.10 bits per heavy atom. The summed E-state index contributed by atoms with van der Waals surface area (Å²) < 4.78 is 32.6. The van der Waals surface area contributed by atoms with Gasteiger partial charge in [0.15, 0.2) is 11.4 Å². The van der Waals surface area contributed by atoms with Crippen LogP contribution >= 0.6 is 22.6 Å². The molecule has 1 aromatic heterocycles. The topological polar surface area (TPSA) is 33.4 Å². The van der Waals surface area contributed by atoms with Crippen LogP contribution in [0.4, 0.5) is 8.78 Å². The molecule has 3 aromatic rings. The van der Waals surface area contributed by atoms with Gasteiger partial charge in [0.05, 0.1) is 0 Å². The third-order valence-corrected chi connectivity index (χ3v) is 3.98. The number of para-hydroxylation sites is 1. The zero-order valence-electron chi connectivity index (χ0n) is 10.1. The summed E-state index contributed by atoms with van der Waals surface area (Å²) in [6.45, 7) is 0. The molecule has 0 aliphatic rings. The first-order valence-electron chi connectivity index (χ1n) is 5.87. The summed E-state index contributed by atoms with van der Waals surface area (Å²) in [7, 11) is 0. The van der Waals surface area contributed by atoms with E-state index in [1.54, 1.807) is 18.2 Å². The summed E-state index contributed by atoms with van der Waals surface area (Å²) in [5.41, 5.74) is 0.630. The van der Waals surface area contributed by atoms with Crippen LogP contribution < -0.4 is 0 Å². The minimum absolute atomic E-state index is 0.110. The van der Waals surface area contributed by atoms with Crippen molar-refractivity contribution >= 4 is 33.6 Å². The largest absolute Gasteiger partial charge is 0.455 e. The maximum absolute atomic E-state index is 13.6. The summed E-state index contributed by atoms with van der Waals surface area (Å²) >= 11 is 1.94. The summed E-state index contributed by atoms with van der Waals surface area (Å²) in [5, 5.41) is 10.9. The fourth-order valence-electron chi connectivity index (χ4n) is 2.06. The van der Waals surface area contributed by atoms with E-state index in [0.29, 0.717) is 14.5 Å². The summed E-state index contributed by atoms with van der Waals surface area (Å²) in [6, 6.07) is 10.2. The average molecular weight is 386 g/mol. The highest BCUT2D eigenvalue weighted by Gasteiger charge is 2.19. The lowest BCUT2D eigenvalue weighted by Gasteiger charge is -2.10. The number of fused-ring (bicyclic) bond motifs is 1. The monoisotopic (exact) mass is 386 g/mol. The summed E-state index contributed by atoms with van der Waals surface area (Å²) in [6.07, 6.45) is -1.06. The highest BCUT2D eigenvalue weighted by molar-refractivity contribution is 14.1. The van der Waals surface area contributed by atoms with E-state index in [4.69, 9.17) is 4.42 Å². The lowest BCUT2D eigenvalue weighted by Crippen LogP contribution is -2.01. The third kappa shape index (κ3) is 2.31. The minimum Gasteiger partial charge on any atom is -0.455 e. The number of hydrogen-bond donors (Lipinski definition) is 1. The molecule has 2 nitrogen and oxygen atoms in total. The SMILES string of the molecule is OC(c1cc2cccc(F)c2o1)c1ccc(F)cc1I. The van der Waals surface area contributed by atoms with Crippen LogP contribution in [0, 0.1) is 15.2 Å². The lowest BCUT2D eigenvalue weighted by atomic mass is 10.1. The van der Waals surface area contributed by atoms with Gasteiger partial charge in [-0.05, 0) is 46.9 Å². The Hall–Kier alpha value is -1.47. The molecule has 0 aliphatic heterocycles. The van der Waals surface area contributed by atoms with Crippen molar-refractivity contribution in [2.75, 3.05) is 0 Å². The molecule has 5 heteroatoms. The fraction of sp³-hybridized carbons (Fsp3) is 0.0667. The van der Waals surface area contributed by atoms with Crippen LogP contribution in [-0.4, -0.2) is 5.11 Å². The van der Waals surface area contributed by atoms with Crippen molar-refractivity contribution in [2.24, 2.45) is 0 Å².